The molecule has 3 atom stereocenters. The highest BCUT2D eigenvalue weighted by Gasteiger charge is 2.17. The molecule has 0 aromatic carbocycles. The van der Waals surface area contributed by atoms with E-state index < -0.39 is 0 Å². The van der Waals surface area contributed by atoms with Gasteiger partial charge in [0.25, 0.3) is 0 Å². The van der Waals surface area contributed by atoms with Crippen molar-refractivity contribution >= 4 is 28.6 Å². The summed E-state index contributed by atoms with van der Waals surface area (Å²) in [4.78, 5) is 16.3. The maximum atomic E-state index is 12.6. The highest BCUT2D eigenvalue weighted by Crippen LogP contribution is 2.31. The van der Waals surface area contributed by atoms with Crippen molar-refractivity contribution in [3.63, 3.8) is 0 Å². The molecule has 0 heterocycles. The normalized spacial score (nSPS) is 14.0. The Morgan fingerprint density at radius 3 is 1.48 bits per heavy atom. The Labute approximate surface area is 324 Å². The first-order chi connectivity index (χ1) is 23.7. The number of rotatable bonds is 35. The fraction of sp³-hybridized carbons (Fsp3) is 0.891. The zero-order valence-corrected chi connectivity index (χ0v) is 37.2. The van der Waals surface area contributed by atoms with E-state index in [2.05, 4.69) is 87.5 Å². The third-order valence-corrected chi connectivity index (χ3v) is 13.2. The standard InChI is InChI=1S/C46H89NOS2/c1-37(2)29-31-44(39(5)6)35-49-42(10)25-19-15-13-16-20-26-43(34-41(9)24-23-33-47(11)12)27-21-17-14-18-22-28-46(48)50-36-45(40(7)8)32-30-38(3)4/h37-40,43-45H,9-10,13-36H2,1-8,11-12H3. The van der Waals surface area contributed by atoms with Crippen LogP contribution in [-0.2, 0) is 4.79 Å². The Kier molecular flexibility index (Phi) is 32.1. The average Bonchev–Trinajstić information content (AvgIpc) is 3.02. The van der Waals surface area contributed by atoms with Crippen molar-refractivity contribution in [2.75, 3.05) is 32.1 Å². The largest absolute Gasteiger partial charge is 0.309 e. The van der Waals surface area contributed by atoms with Crippen LogP contribution in [0, 0.1) is 41.4 Å². The summed E-state index contributed by atoms with van der Waals surface area (Å²) in [6.45, 7) is 28.8. The monoisotopic (exact) mass is 736 g/mol. The van der Waals surface area contributed by atoms with E-state index in [0.29, 0.717) is 17.0 Å². The van der Waals surface area contributed by atoms with Gasteiger partial charge in [-0.15, -0.1) is 11.8 Å². The number of nitrogens with zero attached hydrogens (tertiary/aromatic N) is 1. The molecule has 0 aliphatic rings. The Balaban J connectivity index is 4.37. The minimum atomic E-state index is 0.421. The summed E-state index contributed by atoms with van der Waals surface area (Å²) >= 11 is 3.66. The number of hydrogen-bond acceptors (Lipinski definition) is 4. The van der Waals surface area contributed by atoms with E-state index in [-0.39, 0.29) is 0 Å². The van der Waals surface area contributed by atoms with Gasteiger partial charge < -0.3 is 4.90 Å². The van der Waals surface area contributed by atoms with Crippen LogP contribution in [0.1, 0.15) is 190 Å². The van der Waals surface area contributed by atoms with E-state index in [1.54, 1.807) is 11.8 Å². The number of carbonyl (C=O) groups excluding carboxylic acids is 1. The second-order valence-corrected chi connectivity index (χ2v) is 20.1. The predicted molar refractivity (Wildman–Crippen MR) is 234 cm³/mol. The first-order valence-corrected chi connectivity index (χ1v) is 23.5. The zero-order valence-electron chi connectivity index (χ0n) is 35.6. The number of allylic oxidation sites excluding steroid dienone is 2. The van der Waals surface area contributed by atoms with Crippen LogP contribution in [0.2, 0.25) is 0 Å². The average molecular weight is 736 g/mol. The minimum absolute atomic E-state index is 0.421. The van der Waals surface area contributed by atoms with Crippen molar-refractivity contribution in [3.8, 4) is 0 Å². The maximum absolute atomic E-state index is 12.6. The smallest absolute Gasteiger partial charge is 0.188 e. The van der Waals surface area contributed by atoms with Gasteiger partial charge in [-0.1, -0.05) is 163 Å². The summed E-state index contributed by atoms with van der Waals surface area (Å²) in [5.41, 5.74) is 1.47. The molecule has 0 radical (unpaired) electrons. The number of hydrogen-bond donors (Lipinski definition) is 0. The van der Waals surface area contributed by atoms with Crippen LogP contribution in [0.4, 0.5) is 0 Å². The van der Waals surface area contributed by atoms with Gasteiger partial charge in [0, 0.05) is 17.9 Å². The van der Waals surface area contributed by atoms with Crippen molar-refractivity contribution in [1.29, 1.82) is 0 Å². The maximum Gasteiger partial charge on any atom is 0.188 e. The second kappa shape index (κ2) is 32.3. The second-order valence-electron chi connectivity index (χ2n) is 17.8. The van der Waals surface area contributed by atoms with Gasteiger partial charge in [-0.3, -0.25) is 4.79 Å². The molecule has 0 amide bonds. The van der Waals surface area contributed by atoms with E-state index in [1.807, 2.05) is 11.8 Å². The topological polar surface area (TPSA) is 20.3 Å². The molecule has 3 unspecified atom stereocenters. The van der Waals surface area contributed by atoms with Crippen LogP contribution in [0.25, 0.3) is 0 Å². The van der Waals surface area contributed by atoms with Crippen molar-refractivity contribution in [2.45, 2.75) is 190 Å². The van der Waals surface area contributed by atoms with Crippen LogP contribution < -0.4 is 0 Å². The molecule has 4 heteroatoms. The molecule has 0 fully saturated rings. The van der Waals surface area contributed by atoms with Gasteiger partial charge in [0.1, 0.15) is 0 Å². The van der Waals surface area contributed by atoms with Gasteiger partial charge in [0.05, 0.1) is 0 Å². The molecule has 0 bridgehead atoms. The summed E-state index contributed by atoms with van der Waals surface area (Å²) in [6, 6.07) is 0. The SMILES string of the molecule is C=C(CCCN(C)C)CC(CCCCCCCC(=C)SCC(CCC(C)C)C(C)C)CCCCCCCC(=O)SCC(CCC(C)C)C(C)C. The van der Waals surface area contributed by atoms with Gasteiger partial charge in [-0.2, -0.15) is 0 Å². The van der Waals surface area contributed by atoms with Crippen LogP contribution in [0.3, 0.4) is 0 Å². The minimum Gasteiger partial charge on any atom is -0.309 e. The van der Waals surface area contributed by atoms with E-state index in [1.165, 1.54) is 138 Å². The summed E-state index contributed by atoms with van der Waals surface area (Å²) in [5, 5.41) is 0.421. The first-order valence-electron chi connectivity index (χ1n) is 21.5. The lowest BCUT2D eigenvalue weighted by molar-refractivity contribution is -0.111. The molecule has 0 N–H and O–H groups in total. The first kappa shape index (κ1) is 49.8. The predicted octanol–water partition coefficient (Wildman–Crippen LogP) is 15.3. The van der Waals surface area contributed by atoms with Gasteiger partial charge in [-0.25, -0.2) is 0 Å². The summed E-state index contributed by atoms with van der Waals surface area (Å²) < 4.78 is 0. The van der Waals surface area contributed by atoms with E-state index in [0.717, 1.165) is 54.7 Å². The summed E-state index contributed by atoms with van der Waals surface area (Å²) in [6.07, 6.45) is 26.5. The molecule has 0 aliphatic heterocycles. The molecular weight excluding hydrogens is 647 g/mol. The highest BCUT2D eigenvalue weighted by molar-refractivity contribution is 8.13. The van der Waals surface area contributed by atoms with Crippen molar-refractivity contribution in [1.82, 2.24) is 4.90 Å². The molecule has 296 valence electrons. The highest BCUT2D eigenvalue weighted by atomic mass is 32.2. The number of unbranched alkanes of at least 4 members (excludes halogenated alkanes) is 8. The number of carbonyl (C=O) groups is 1. The molecule has 0 spiro atoms. The van der Waals surface area contributed by atoms with E-state index >= 15 is 0 Å². The van der Waals surface area contributed by atoms with Crippen LogP contribution in [0.5, 0.6) is 0 Å². The Morgan fingerprint density at radius 2 is 1.00 bits per heavy atom. The lowest BCUT2D eigenvalue weighted by Gasteiger charge is -2.22. The van der Waals surface area contributed by atoms with Gasteiger partial charge in [0.15, 0.2) is 5.12 Å². The third-order valence-electron chi connectivity index (χ3n) is 10.8. The molecular formula is C46H89NOS2. The Bertz CT molecular complexity index is 778. The molecule has 2 nitrogen and oxygen atoms in total. The third kappa shape index (κ3) is 31.3. The van der Waals surface area contributed by atoms with Gasteiger partial charge in [-0.05, 0) is 118 Å². The number of thioether (sulfide) groups is 2. The van der Waals surface area contributed by atoms with E-state index in [9.17, 15) is 4.79 Å². The fourth-order valence-electron chi connectivity index (χ4n) is 6.90. The lowest BCUT2D eigenvalue weighted by atomic mass is 9.88. The van der Waals surface area contributed by atoms with Crippen LogP contribution in [0.15, 0.2) is 23.6 Å². The van der Waals surface area contributed by atoms with Crippen LogP contribution >= 0.6 is 23.5 Å². The quantitative estimate of drug-likeness (QED) is 0.0477. The van der Waals surface area contributed by atoms with E-state index in [4.69, 9.17) is 0 Å². The van der Waals surface area contributed by atoms with Crippen LogP contribution in [-0.4, -0.2) is 42.2 Å². The Hall–Kier alpha value is -0.190. The molecule has 0 rings (SSSR count). The molecule has 0 aromatic rings. The Morgan fingerprint density at radius 1 is 0.540 bits per heavy atom. The molecule has 50 heavy (non-hydrogen) atoms. The fourth-order valence-corrected chi connectivity index (χ4v) is 9.43. The van der Waals surface area contributed by atoms with Crippen molar-refractivity contribution < 1.29 is 4.79 Å². The van der Waals surface area contributed by atoms with Gasteiger partial charge in [0.2, 0.25) is 0 Å². The summed E-state index contributed by atoms with van der Waals surface area (Å²) in [7, 11) is 4.34. The van der Waals surface area contributed by atoms with Crippen molar-refractivity contribution in [3.05, 3.63) is 23.6 Å². The summed E-state index contributed by atoms with van der Waals surface area (Å²) in [5.74, 6) is 7.55. The molecule has 0 aromatic heterocycles. The lowest BCUT2D eigenvalue weighted by Crippen LogP contribution is -2.14. The molecule has 0 saturated carbocycles. The zero-order chi connectivity index (χ0) is 37.7. The molecule has 0 aliphatic carbocycles. The van der Waals surface area contributed by atoms with Gasteiger partial charge >= 0.3 is 0 Å². The molecule has 0 saturated heterocycles. The van der Waals surface area contributed by atoms with Crippen molar-refractivity contribution in [2.24, 2.45) is 41.4 Å².